The summed E-state index contributed by atoms with van der Waals surface area (Å²) >= 11 is 0. The number of rotatable bonds is 7. The number of nitrogens with one attached hydrogen (secondary N) is 1. The lowest BCUT2D eigenvalue weighted by atomic mass is 10.2. The van der Waals surface area contributed by atoms with Crippen molar-refractivity contribution in [3.8, 4) is 0 Å². The molecule has 0 fully saturated rings. The maximum atomic E-state index is 11.0. The minimum atomic E-state index is -0.152. The number of hydrogen-bond donors (Lipinski definition) is 1. The number of halogens is 1. The Hall–Kier alpha value is -1.31. The molecule has 0 spiro atoms. The Kier molecular flexibility index (Phi) is 11.5. The summed E-state index contributed by atoms with van der Waals surface area (Å²) in [4.78, 5) is 17.4. The number of nitrogens with zero attached hydrogens (tertiary/aromatic N) is 2. The van der Waals surface area contributed by atoms with Crippen LogP contribution in [0.1, 0.15) is 24.8 Å². The van der Waals surface area contributed by atoms with Gasteiger partial charge in [0, 0.05) is 33.6 Å². The number of guanidine groups is 1. The number of methoxy groups -OCH3 is 1. The van der Waals surface area contributed by atoms with E-state index < -0.39 is 0 Å². The summed E-state index contributed by atoms with van der Waals surface area (Å²) in [6, 6.07) is 10.3. The molecule has 0 saturated carbocycles. The van der Waals surface area contributed by atoms with Crippen LogP contribution in [0.15, 0.2) is 35.3 Å². The highest BCUT2D eigenvalue weighted by Crippen LogP contribution is 2.03. The van der Waals surface area contributed by atoms with Crippen molar-refractivity contribution in [1.82, 2.24) is 10.2 Å². The van der Waals surface area contributed by atoms with Crippen LogP contribution in [0.4, 0.5) is 0 Å². The molecule has 0 aliphatic carbocycles. The molecular weight excluding hydrogens is 393 g/mol. The van der Waals surface area contributed by atoms with Gasteiger partial charge < -0.3 is 15.0 Å². The lowest BCUT2D eigenvalue weighted by molar-refractivity contribution is -0.140. The van der Waals surface area contributed by atoms with Crippen LogP contribution in [0.5, 0.6) is 0 Å². The zero-order chi connectivity index (χ0) is 15.5. The molecule has 0 aliphatic rings. The number of esters is 1. The highest BCUT2D eigenvalue weighted by molar-refractivity contribution is 14.0. The van der Waals surface area contributed by atoms with Crippen molar-refractivity contribution in [2.24, 2.45) is 4.99 Å². The van der Waals surface area contributed by atoms with Crippen LogP contribution in [-0.4, -0.2) is 44.6 Å². The highest BCUT2D eigenvalue weighted by atomic mass is 127. The Morgan fingerprint density at radius 1 is 1.27 bits per heavy atom. The first-order valence-electron chi connectivity index (χ1n) is 7.20. The zero-order valence-electron chi connectivity index (χ0n) is 13.5. The molecule has 0 unspecified atom stereocenters. The molecule has 0 bridgehead atoms. The quantitative estimate of drug-likeness (QED) is 0.243. The normalized spacial score (nSPS) is 10.6. The van der Waals surface area contributed by atoms with Gasteiger partial charge in [0.05, 0.1) is 7.11 Å². The van der Waals surface area contributed by atoms with Gasteiger partial charge in [-0.2, -0.15) is 0 Å². The van der Waals surface area contributed by atoms with Crippen molar-refractivity contribution in [3.63, 3.8) is 0 Å². The average molecular weight is 419 g/mol. The Bertz CT molecular complexity index is 452. The van der Waals surface area contributed by atoms with Crippen molar-refractivity contribution in [3.05, 3.63) is 35.9 Å². The molecule has 0 saturated heterocycles. The molecule has 5 nitrogen and oxygen atoms in total. The lowest BCUT2D eigenvalue weighted by Gasteiger charge is -2.22. The lowest BCUT2D eigenvalue weighted by Crippen LogP contribution is -2.38. The van der Waals surface area contributed by atoms with Gasteiger partial charge in [-0.25, -0.2) is 0 Å². The van der Waals surface area contributed by atoms with Gasteiger partial charge in [-0.15, -0.1) is 24.0 Å². The second kappa shape index (κ2) is 12.3. The third kappa shape index (κ3) is 8.21. The summed E-state index contributed by atoms with van der Waals surface area (Å²) < 4.78 is 4.61. The first-order chi connectivity index (χ1) is 10.2. The summed E-state index contributed by atoms with van der Waals surface area (Å²) in [5, 5.41) is 3.30. The molecule has 0 aromatic heterocycles. The van der Waals surface area contributed by atoms with Gasteiger partial charge in [-0.1, -0.05) is 30.3 Å². The van der Waals surface area contributed by atoms with E-state index in [2.05, 4.69) is 32.1 Å². The van der Waals surface area contributed by atoms with Gasteiger partial charge in [-0.3, -0.25) is 9.79 Å². The van der Waals surface area contributed by atoms with E-state index in [0.717, 1.165) is 31.9 Å². The molecule has 0 amide bonds. The van der Waals surface area contributed by atoms with E-state index in [1.54, 1.807) is 7.05 Å². The van der Waals surface area contributed by atoms with Crippen LogP contribution in [0.2, 0.25) is 0 Å². The van der Waals surface area contributed by atoms with Gasteiger partial charge in [-0.05, 0) is 18.4 Å². The Labute approximate surface area is 150 Å². The maximum Gasteiger partial charge on any atom is 0.305 e. The van der Waals surface area contributed by atoms with Crippen LogP contribution >= 0.6 is 24.0 Å². The largest absolute Gasteiger partial charge is 0.469 e. The molecule has 0 atom stereocenters. The second-order valence-corrected chi connectivity index (χ2v) is 4.85. The van der Waals surface area contributed by atoms with Gasteiger partial charge in [0.2, 0.25) is 0 Å². The van der Waals surface area contributed by atoms with Crippen molar-refractivity contribution < 1.29 is 9.53 Å². The molecule has 0 heterocycles. The third-order valence-corrected chi connectivity index (χ3v) is 3.15. The molecule has 22 heavy (non-hydrogen) atoms. The molecule has 124 valence electrons. The predicted molar refractivity (Wildman–Crippen MR) is 101 cm³/mol. The minimum absolute atomic E-state index is 0. The van der Waals surface area contributed by atoms with Crippen molar-refractivity contribution in [1.29, 1.82) is 0 Å². The van der Waals surface area contributed by atoms with Crippen molar-refractivity contribution in [2.75, 3.05) is 27.7 Å². The van der Waals surface area contributed by atoms with Crippen LogP contribution in [0, 0.1) is 0 Å². The van der Waals surface area contributed by atoms with Gasteiger partial charge >= 0.3 is 5.97 Å². The first kappa shape index (κ1) is 20.7. The van der Waals surface area contributed by atoms with E-state index in [1.165, 1.54) is 12.7 Å². The van der Waals surface area contributed by atoms with E-state index in [4.69, 9.17) is 0 Å². The number of carbonyl (C=O) groups is 1. The fourth-order valence-corrected chi connectivity index (χ4v) is 2.01. The summed E-state index contributed by atoms with van der Waals surface area (Å²) in [6.45, 7) is 1.60. The number of unbranched alkanes of at least 4 members (excludes halogenated alkanes) is 1. The van der Waals surface area contributed by atoms with Gasteiger partial charge in [0.1, 0.15) is 0 Å². The third-order valence-electron chi connectivity index (χ3n) is 3.15. The molecule has 1 N–H and O–H groups in total. The van der Waals surface area contributed by atoms with E-state index >= 15 is 0 Å². The second-order valence-electron chi connectivity index (χ2n) is 4.85. The van der Waals surface area contributed by atoms with E-state index in [0.29, 0.717) is 6.42 Å². The van der Waals surface area contributed by atoms with Crippen molar-refractivity contribution >= 4 is 35.9 Å². The average Bonchev–Trinajstić information content (AvgIpc) is 2.51. The van der Waals surface area contributed by atoms with E-state index in [1.807, 2.05) is 25.2 Å². The van der Waals surface area contributed by atoms with Gasteiger partial charge in [0.15, 0.2) is 5.96 Å². The summed E-state index contributed by atoms with van der Waals surface area (Å²) in [6.07, 6.45) is 2.20. The first-order valence-corrected chi connectivity index (χ1v) is 7.20. The zero-order valence-corrected chi connectivity index (χ0v) is 15.9. The summed E-state index contributed by atoms with van der Waals surface area (Å²) in [7, 11) is 5.20. The van der Waals surface area contributed by atoms with Gasteiger partial charge in [0.25, 0.3) is 0 Å². The summed E-state index contributed by atoms with van der Waals surface area (Å²) in [5.74, 6) is 0.706. The van der Waals surface area contributed by atoms with Crippen molar-refractivity contribution in [2.45, 2.75) is 25.8 Å². The predicted octanol–water partition coefficient (Wildman–Crippen LogP) is 2.66. The van der Waals surface area contributed by atoms with Crippen LogP contribution in [0.3, 0.4) is 0 Å². The number of benzene rings is 1. The standard InChI is InChI=1S/C16H25N3O2.HI/c1-17-16(18-12-8-7-11-15(20)21-3)19(2)13-14-9-5-4-6-10-14;/h4-6,9-10H,7-8,11-13H2,1-3H3,(H,17,18);1H. The Morgan fingerprint density at radius 2 is 1.95 bits per heavy atom. The highest BCUT2D eigenvalue weighted by Gasteiger charge is 2.06. The van der Waals surface area contributed by atoms with Crippen LogP contribution in [0.25, 0.3) is 0 Å². The van der Waals surface area contributed by atoms with E-state index in [-0.39, 0.29) is 29.9 Å². The monoisotopic (exact) mass is 419 g/mol. The molecular formula is C16H26IN3O2. The number of hydrogen-bond acceptors (Lipinski definition) is 3. The molecule has 1 rings (SSSR count). The number of aliphatic imine (C=N–C) groups is 1. The fraction of sp³-hybridized carbons (Fsp3) is 0.500. The SMILES string of the molecule is CN=C(NCCCCC(=O)OC)N(C)Cc1ccccc1.I. The minimum Gasteiger partial charge on any atom is -0.469 e. The smallest absolute Gasteiger partial charge is 0.305 e. The molecule has 6 heteroatoms. The molecule has 0 aliphatic heterocycles. The Balaban J connectivity index is 0.00000441. The molecule has 1 aromatic carbocycles. The number of ether oxygens (including phenoxy) is 1. The van der Waals surface area contributed by atoms with Crippen LogP contribution in [-0.2, 0) is 16.1 Å². The molecule has 1 aromatic rings. The Morgan fingerprint density at radius 3 is 2.55 bits per heavy atom. The topological polar surface area (TPSA) is 53.9 Å². The maximum absolute atomic E-state index is 11.0. The van der Waals surface area contributed by atoms with E-state index in [9.17, 15) is 4.79 Å². The summed E-state index contributed by atoms with van der Waals surface area (Å²) in [5.41, 5.74) is 1.24. The number of carbonyl (C=O) groups excluding carboxylic acids is 1. The fourth-order valence-electron chi connectivity index (χ4n) is 2.01. The van der Waals surface area contributed by atoms with Crippen LogP contribution < -0.4 is 5.32 Å². The molecule has 0 radical (unpaired) electrons.